The third-order valence-electron chi connectivity index (χ3n) is 3.46. The number of nitrogen functional groups attached to an aromatic ring is 1. The fourth-order valence-corrected chi connectivity index (χ4v) is 1.97. The Labute approximate surface area is 195 Å². The zero-order chi connectivity index (χ0) is 23.6. The standard InChI is InChI=1S/C8H11N.C6H2BF5O3.C6H7N.Ru/c1-9(2)8-6-4-3-5-7-8;8-1-2(9)4(11)6(15-7(13)14)5(12)3(1)10;7-6-4-2-1-3-5-6;/h3-7H,1-2H3;13-14H;1-5H,7H2;. The Morgan fingerprint density at radius 1 is 0.719 bits per heavy atom. The van der Waals surface area contributed by atoms with E-state index in [0.717, 1.165) is 5.69 Å². The van der Waals surface area contributed by atoms with Crippen LogP contribution in [-0.2, 0) is 19.5 Å². The SMILES string of the molecule is CN(C)c1ccccc1.Nc1ccccc1.OB(O)Oc1c(F)c(F)c(F)c(F)c1F.[Ru]. The minimum atomic E-state index is -2.70. The predicted molar refractivity (Wildman–Crippen MR) is 109 cm³/mol. The maximum atomic E-state index is 12.7. The first-order valence-corrected chi connectivity index (χ1v) is 8.63. The molecule has 0 spiro atoms. The Morgan fingerprint density at radius 2 is 1.09 bits per heavy atom. The van der Waals surface area contributed by atoms with Gasteiger partial charge in [0.2, 0.25) is 29.1 Å². The van der Waals surface area contributed by atoms with E-state index in [4.69, 9.17) is 15.8 Å². The van der Waals surface area contributed by atoms with E-state index in [1.165, 1.54) is 5.69 Å². The van der Waals surface area contributed by atoms with Crippen molar-refractivity contribution < 1.29 is 56.1 Å². The molecule has 0 atom stereocenters. The summed E-state index contributed by atoms with van der Waals surface area (Å²) in [6, 6.07) is 19.7. The average molecular weight is 543 g/mol. The molecule has 0 saturated carbocycles. The molecular weight excluding hydrogens is 523 g/mol. The molecule has 3 aromatic rings. The molecule has 5 nitrogen and oxygen atoms in total. The molecule has 0 aromatic heterocycles. The van der Waals surface area contributed by atoms with Gasteiger partial charge in [-0.2, -0.15) is 8.78 Å². The van der Waals surface area contributed by atoms with Gasteiger partial charge in [-0.15, -0.1) is 0 Å². The van der Waals surface area contributed by atoms with Crippen LogP contribution >= 0.6 is 0 Å². The van der Waals surface area contributed by atoms with Gasteiger partial charge < -0.3 is 25.3 Å². The van der Waals surface area contributed by atoms with Gasteiger partial charge in [-0.3, -0.25) is 0 Å². The van der Waals surface area contributed by atoms with Gasteiger partial charge in [0, 0.05) is 44.9 Å². The molecule has 32 heavy (non-hydrogen) atoms. The Kier molecular flexibility index (Phi) is 13.2. The predicted octanol–water partition coefficient (Wildman–Crippen LogP) is 3.75. The Bertz CT molecular complexity index is 926. The smallest absolute Gasteiger partial charge is 0.507 e. The van der Waals surface area contributed by atoms with Crippen molar-refractivity contribution in [2.24, 2.45) is 0 Å². The molecule has 3 rings (SSSR count). The van der Waals surface area contributed by atoms with Crippen molar-refractivity contribution in [1.29, 1.82) is 0 Å². The summed E-state index contributed by atoms with van der Waals surface area (Å²) >= 11 is 0. The zero-order valence-corrected chi connectivity index (χ0v) is 18.7. The minimum Gasteiger partial charge on any atom is -0.507 e. The Hall–Kier alpha value is -2.68. The molecule has 0 aliphatic heterocycles. The summed E-state index contributed by atoms with van der Waals surface area (Å²) in [6.07, 6.45) is 0. The van der Waals surface area contributed by atoms with Crippen LogP contribution < -0.4 is 15.3 Å². The van der Waals surface area contributed by atoms with Gasteiger partial charge in [0.1, 0.15) is 0 Å². The normalized spacial score (nSPS) is 9.28. The van der Waals surface area contributed by atoms with Crippen LogP contribution in [0.1, 0.15) is 0 Å². The zero-order valence-electron chi connectivity index (χ0n) is 16.9. The van der Waals surface area contributed by atoms with Crippen molar-refractivity contribution in [3.05, 3.63) is 89.7 Å². The average Bonchev–Trinajstić information content (AvgIpc) is 2.76. The van der Waals surface area contributed by atoms with Crippen molar-refractivity contribution in [2.75, 3.05) is 24.7 Å². The largest absolute Gasteiger partial charge is 0.707 e. The van der Waals surface area contributed by atoms with Crippen LogP contribution in [0.4, 0.5) is 33.3 Å². The summed E-state index contributed by atoms with van der Waals surface area (Å²) in [6.45, 7) is 0. The number of nitrogens with two attached hydrogens (primary N) is 1. The number of rotatable bonds is 3. The molecule has 0 aliphatic rings. The van der Waals surface area contributed by atoms with Crippen LogP contribution in [0.5, 0.6) is 5.75 Å². The molecule has 0 fully saturated rings. The van der Waals surface area contributed by atoms with Gasteiger partial charge in [0.15, 0.2) is 5.75 Å². The molecule has 3 aromatic carbocycles. The van der Waals surface area contributed by atoms with E-state index in [2.05, 4.69) is 21.7 Å². The Morgan fingerprint density at radius 3 is 1.38 bits per heavy atom. The molecule has 174 valence electrons. The maximum Gasteiger partial charge on any atom is 0.707 e. The number of hydrogen-bond acceptors (Lipinski definition) is 5. The van der Waals surface area contributed by atoms with Gasteiger partial charge in [0.25, 0.3) is 0 Å². The second kappa shape index (κ2) is 14.4. The summed E-state index contributed by atoms with van der Waals surface area (Å²) in [7, 11) is 1.38. The monoisotopic (exact) mass is 544 g/mol. The van der Waals surface area contributed by atoms with Gasteiger partial charge in [-0.05, 0) is 24.3 Å². The van der Waals surface area contributed by atoms with Crippen molar-refractivity contribution in [3.8, 4) is 5.75 Å². The first kappa shape index (κ1) is 29.3. The van der Waals surface area contributed by atoms with Gasteiger partial charge >= 0.3 is 7.32 Å². The summed E-state index contributed by atoms with van der Waals surface area (Å²) in [4.78, 5) is 2.08. The van der Waals surface area contributed by atoms with E-state index in [9.17, 15) is 22.0 Å². The van der Waals surface area contributed by atoms with Crippen molar-refractivity contribution >= 4 is 18.7 Å². The van der Waals surface area contributed by atoms with Gasteiger partial charge in [0.05, 0.1) is 0 Å². The first-order chi connectivity index (χ1) is 14.6. The van der Waals surface area contributed by atoms with Crippen LogP contribution in [0.25, 0.3) is 0 Å². The number of halogens is 5. The van der Waals surface area contributed by atoms with E-state index < -0.39 is 42.2 Å². The fraction of sp³-hybridized carbons (Fsp3) is 0.100. The van der Waals surface area contributed by atoms with E-state index in [1.54, 1.807) is 0 Å². The van der Waals surface area contributed by atoms with Crippen LogP contribution in [0, 0.1) is 29.1 Å². The van der Waals surface area contributed by atoms with Crippen molar-refractivity contribution in [3.63, 3.8) is 0 Å². The van der Waals surface area contributed by atoms with E-state index in [1.807, 2.05) is 62.6 Å². The topological polar surface area (TPSA) is 79.0 Å². The maximum absolute atomic E-state index is 12.7. The molecule has 0 aliphatic carbocycles. The minimum absolute atomic E-state index is 0. The summed E-state index contributed by atoms with van der Waals surface area (Å²) in [5, 5.41) is 16.3. The van der Waals surface area contributed by atoms with Crippen LogP contribution in [0.2, 0.25) is 0 Å². The second-order valence-corrected chi connectivity index (χ2v) is 5.98. The summed E-state index contributed by atoms with van der Waals surface area (Å²) < 4.78 is 66.3. The molecule has 12 heteroatoms. The van der Waals surface area contributed by atoms with Crippen LogP contribution in [-0.4, -0.2) is 31.5 Å². The Balaban J connectivity index is 0.000000482. The number of benzene rings is 3. The molecule has 0 radical (unpaired) electrons. The molecular formula is C20H20BF5N2O3Ru. The molecule has 0 heterocycles. The van der Waals surface area contributed by atoms with Crippen LogP contribution in [0.3, 0.4) is 0 Å². The molecule has 0 bridgehead atoms. The van der Waals surface area contributed by atoms with E-state index in [0.29, 0.717) is 0 Å². The molecule has 0 saturated heterocycles. The fourth-order valence-electron chi connectivity index (χ4n) is 1.97. The van der Waals surface area contributed by atoms with Crippen LogP contribution in [0.15, 0.2) is 60.7 Å². The van der Waals surface area contributed by atoms with Crippen molar-refractivity contribution in [2.45, 2.75) is 0 Å². The van der Waals surface area contributed by atoms with Gasteiger partial charge in [-0.1, -0.05) is 36.4 Å². The first-order valence-electron chi connectivity index (χ1n) is 8.63. The van der Waals surface area contributed by atoms with Gasteiger partial charge in [-0.25, -0.2) is 13.2 Å². The molecule has 0 amide bonds. The third kappa shape index (κ3) is 9.21. The number of anilines is 2. The van der Waals surface area contributed by atoms with E-state index in [-0.39, 0.29) is 19.5 Å². The van der Waals surface area contributed by atoms with Crippen molar-refractivity contribution in [1.82, 2.24) is 0 Å². The summed E-state index contributed by atoms with van der Waals surface area (Å²) in [5.74, 6) is -13.1. The molecule has 0 unspecified atom stereocenters. The number of para-hydroxylation sites is 2. The third-order valence-corrected chi connectivity index (χ3v) is 3.46. The summed E-state index contributed by atoms with van der Waals surface area (Å²) in [5.41, 5.74) is 7.43. The quantitative estimate of drug-likeness (QED) is 0.154. The second-order valence-electron chi connectivity index (χ2n) is 5.98. The number of hydrogen-bond donors (Lipinski definition) is 3. The van der Waals surface area contributed by atoms with E-state index >= 15 is 0 Å². The molecule has 4 N–H and O–H groups in total. The number of nitrogens with zero attached hydrogens (tertiary/aromatic N) is 1.